The van der Waals surface area contributed by atoms with Crippen LogP contribution in [0.25, 0.3) is 0 Å². The Hall–Kier alpha value is -1.67. The maximum absolute atomic E-state index is 9.42. The van der Waals surface area contributed by atoms with Crippen LogP contribution >= 0.6 is 0 Å². The molecule has 1 saturated heterocycles. The molecule has 1 aromatic heterocycles. The average molecular weight is 285 g/mol. The van der Waals surface area contributed by atoms with E-state index in [0.717, 1.165) is 49.3 Å². The van der Waals surface area contributed by atoms with E-state index in [4.69, 9.17) is 0 Å². The fourth-order valence-electron chi connectivity index (χ4n) is 3.52. The van der Waals surface area contributed by atoms with Gasteiger partial charge < -0.3 is 4.90 Å². The van der Waals surface area contributed by atoms with E-state index >= 15 is 0 Å². The minimum Gasteiger partial charge on any atom is -0.351 e. The minimum atomic E-state index is 0.691. The van der Waals surface area contributed by atoms with Crippen molar-refractivity contribution >= 4 is 5.82 Å². The quantitative estimate of drug-likeness (QED) is 0.832. The van der Waals surface area contributed by atoms with Crippen LogP contribution < -0.4 is 4.90 Å². The van der Waals surface area contributed by atoms with Gasteiger partial charge in [-0.2, -0.15) is 10.4 Å². The zero-order valence-electron chi connectivity index (χ0n) is 13.0. The molecule has 1 saturated carbocycles. The molecule has 0 radical (unpaired) electrons. The largest absolute Gasteiger partial charge is 0.351 e. The molecule has 5 heteroatoms. The van der Waals surface area contributed by atoms with Gasteiger partial charge in [0.1, 0.15) is 11.6 Å². The van der Waals surface area contributed by atoms with Crippen molar-refractivity contribution in [2.45, 2.75) is 45.6 Å². The highest BCUT2D eigenvalue weighted by molar-refractivity contribution is 5.57. The van der Waals surface area contributed by atoms with Crippen molar-refractivity contribution in [2.75, 3.05) is 31.1 Å². The molecule has 2 heterocycles. The molecule has 1 aromatic rings. The summed E-state index contributed by atoms with van der Waals surface area (Å²) in [5, 5.41) is 17.9. The third kappa shape index (κ3) is 2.73. The Morgan fingerprint density at radius 3 is 2.33 bits per heavy atom. The van der Waals surface area contributed by atoms with Gasteiger partial charge in [0.2, 0.25) is 0 Å². The molecule has 112 valence electrons. The van der Waals surface area contributed by atoms with Gasteiger partial charge in [-0.05, 0) is 32.3 Å². The first-order valence-corrected chi connectivity index (χ1v) is 7.93. The summed E-state index contributed by atoms with van der Waals surface area (Å²) in [6, 6.07) is 3.10. The number of aromatic nitrogens is 2. The highest BCUT2D eigenvalue weighted by atomic mass is 15.3. The van der Waals surface area contributed by atoms with Gasteiger partial charge >= 0.3 is 0 Å². The van der Waals surface area contributed by atoms with Gasteiger partial charge in [0, 0.05) is 32.2 Å². The Balaban J connectivity index is 1.72. The molecule has 0 bridgehead atoms. The van der Waals surface area contributed by atoms with Crippen molar-refractivity contribution in [2.24, 2.45) is 0 Å². The summed E-state index contributed by atoms with van der Waals surface area (Å²) in [5.74, 6) is 0.770. The second-order valence-electron chi connectivity index (χ2n) is 6.18. The average Bonchev–Trinajstić information content (AvgIpc) is 3.04. The number of anilines is 1. The van der Waals surface area contributed by atoms with Gasteiger partial charge in [-0.3, -0.25) is 4.90 Å². The van der Waals surface area contributed by atoms with Crippen molar-refractivity contribution in [3.63, 3.8) is 0 Å². The predicted octanol–water partition coefficient (Wildman–Crippen LogP) is 2.03. The smallest absolute Gasteiger partial charge is 0.169 e. The number of hydrogen-bond acceptors (Lipinski definition) is 5. The lowest BCUT2D eigenvalue weighted by atomic mass is 10.1. The van der Waals surface area contributed by atoms with Crippen LogP contribution in [0.1, 0.15) is 42.5 Å². The number of nitrogens with zero attached hydrogens (tertiary/aromatic N) is 5. The van der Waals surface area contributed by atoms with E-state index in [2.05, 4.69) is 26.1 Å². The van der Waals surface area contributed by atoms with Crippen molar-refractivity contribution in [3.05, 3.63) is 16.8 Å². The highest BCUT2D eigenvalue weighted by Crippen LogP contribution is 2.26. The van der Waals surface area contributed by atoms with Crippen molar-refractivity contribution in [1.82, 2.24) is 15.1 Å². The molecule has 5 nitrogen and oxygen atoms in total. The summed E-state index contributed by atoms with van der Waals surface area (Å²) < 4.78 is 0. The molecule has 0 atom stereocenters. The molecular weight excluding hydrogens is 262 g/mol. The summed E-state index contributed by atoms with van der Waals surface area (Å²) in [6.45, 7) is 7.91. The minimum absolute atomic E-state index is 0.691. The second-order valence-corrected chi connectivity index (χ2v) is 6.18. The molecule has 0 unspecified atom stereocenters. The third-order valence-electron chi connectivity index (χ3n) is 5.00. The van der Waals surface area contributed by atoms with Gasteiger partial charge in [0.25, 0.3) is 0 Å². The van der Waals surface area contributed by atoms with E-state index in [1.54, 1.807) is 0 Å². The van der Waals surface area contributed by atoms with E-state index in [9.17, 15) is 5.26 Å². The first kappa shape index (κ1) is 14.3. The van der Waals surface area contributed by atoms with E-state index in [1.807, 2.05) is 13.8 Å². The fraction of sp³-hybridized carbons (Fsp3) is 0.688. The first-order chi connectivity index (χ1) is 10.2. The molecular formula is C16H23N5. The second kappa shape index (κ2) is 5.98. The van der Waals surface area contributed by atoms with E-state index in [-0.39, 0.29) is 0 Å². The topological polar surface area (TPSA) is 56.1 Å². The summed E-state index contributed by atoms with van der Waals surface area (Å²) in [4.78, 5) is 4.84. The standard InChI is InChI=1S/C16H23N5/c1-12-13(2)18-19-16(15(12)11-17)21-9-7-20(8-10-21)14-5-3-4-6-14/h14H,3-10H2,1-2H3. The lowest BCUT2D eigenvalue weighted by Crippen LogP contribution is -2.50. The van der Waals surface area contributed by atoms with Crippen LogP contribution in [0.5, 0.6) is 0 Å². The highest BCUT2D eigenvalue weighted by Gasteiger charge is 2.28. The molecule has 0 spiro atoms. The van der Waals surface area contributed by atoms with Crippen LogP contribution in [0.2, 0.25) is 0 Å². The van der Waals surface area contributed by atoms with Gasteiger partial charge in [-0.1, -0.05) is 12.8 Å². The van der Waals surface area contributed by atoms with E-state index in [0.29, 0.717) is 5.56 Å². The molecule has 1 aliphatic heterocycles. The van der Waals surface area contributed by atoms with Crippen LogP contribution in [0, 0.1) is 25.2 Å². The monoisotopic (exact) mass is 285 g/mol. The Kier molecular flexibility index (Phi) is 4.07. The van der Waals surface area contributed by atoms with Crippen LogP contribution in [-0.2, 0) is 0 Å². The zero-order chi connectivity index (χ0) is 14.8. The number of hydrogen-bond donors (Lipinski definition) is 0. The Labute approximate surface area is 126 Å². The number of rotatable bonds is 2. The normalized spacial score (nSPS) is 20.7. The molecule has 0 N–H and O–H groups in total. The van der Waals surface area contributed by atoms with Crippen molar-refractivity contribution < 1.29 is 0 Å². The molecule has 2 fully saturated rings. The van der Waals surface area contributed by atoms with Gasteiger partial charge in [-0.25, -0.2) is 0 Å². The zero-order valence-corrected chi connectivity index (χ0v) is 13.0. The maximum atomic E-state index is 9.42. The van der Waals surface area contributed by atoms with Crippen molar-refractivity contribution in [3.8, 4) is 6.07 Å². The first-order valence-electron chi connectivity index (χ1n) is 7.93. The molecule has 0 amide bonds. The Bertz CT molecular complexity index is 549. The predicted molar refractivity (Wildman–Crippen MR) is 82.3 cm³/mol. The Morgan fingerprint density at radius 2 is 1.71 bits per heavy atom. The number of nitriles is 1. The summed E-state index contributed by atoms with van der Waals surface area (Å²) in [5.41, 5.74) is 2.50. The van der Waals surface area contributed by atoms with Crippen LogP contribution in [-0.4, -0.2) is 47.3 Å². The summed E-state index contributed by atoms with van der Waals surface area (Å²) in [7, 11) is 0. The van der Waals surface area contributed by atoms with Crippen LogP contribution in [0.3, 0.4) is 0 Å². The SMILES string of the molecule is Cc1nnc(N2CCN(C3CCCC3)CC2)c(C#N)c1C. The molecule has 2 aliphatic rings. The molecule has 0 aromatic carbocycles. The van der Waals surface area contributed by atoms with Gasteiger partial charge in [0.05, 0.1) is 5.69 Å². The van der Waals surface area contributed by atoms with Gasteiger partial charge in [0.15, 0.2) is 5.82 Å². The maximum Gasteiger partial charge on any atom is 0.169 e. The van der Waals surface area contributed by atoms with Crippen LogP contribution in [0.15, 0.2) is 0 Å². The summed E-state index contributed by atoms with van der Waals surface area (Å²) >= 11 is 0. The molecule has 1 aliphatic carbocycles. The Morgan fingerprint density at radius 1 is 1.05 bits per heavy atom. The van der Waals surface area contributed by atoms with E-state index in [1.165, 1.54) is 25.7 Å². The number of aryl methyl sites for hydroxylation is 1. The lowest BCUT2D eigenvalue weighted by Gasteiger charge is -2.38. The molecule has 21 heavy (non-hydrogen) atoms. The number of piperazine rings is 1. The van der Waals surface area contributed by atoms with E-state index < -0.39 is 0 Å². The van der Waals surface area contributed by atoms with Crippen molar-refractivity contribution in [1.29, 1.82) is 5.26 Å². The van der Waals surface area contributed by atoms with Crippen LogP contribution in [0.4, 0.5) is 5.82 Å². The fourth-order valence-corrected chi connectivity index (χ4v) is 3.52. The third-order valence-corrected chi connectivity index (χ3v) is 5.00. The summed E-state index contributed by atoms with van der Waals surface area (Å²) in [6.07, 6.45) is 5.47. The lowest BCUT2D eigenvalue weighted by molar-refractivity contribution is 0.187. The molecule has 3 rings (SSSR count). The van der Waals surface area contributed by atoms with Gasteiger partial charge in [-0.15, -0.1) is 5.10 Å².